The maximum Gasteiger partial charge on any atom is 0.340 e. The number of rotatable bonds is 5. The Labute approximate surface area is 150 Å². The molecule has 3 atom stereocenters. The Balaban J connectivity index is 1.60. The summed E-state index contributed by atoms with van der Waals surface area (Å²) in [7, 11) is 0. The lowest BCUT2D eigenvalue weighted by Gasteiger charge is -2.30. The van der Waals surface area contributed by atoms with Gasteiger partial charge in [-0.25, -0.2) is 4.79 Å². The summed E-state index contributed by atoms with van der Waals surface area (Å²) >= 11 is 0. The molecule has 1 aromatic rings. The maximum atomic E-state index is 12.5. The Morgan fingerprint density at radius 2 is 1.88 bits per heavy atom. The van der Waals surface area contributed by atoms with Crippen LogP contribution in [-0.4, -0.2) is 28.6 Å². The zero-order valence-electron chi connectivity index (χ0n) is 15.8. The van der Waals surface area contributed by atoms with Gasteiger partial charge < -0.3 is 14.6 Å². The summed E-state index contributed by atoms with van der Waals surface area (Å²) in [6.45, 7) is 7.80. The van der Waals surface area contributed by atoms with Crippen LogP contribution in [0.5, 0.6) is 0 Å². The van der Waals surface area contributed by atoms with E-state index >= 15 is 0 Å². The number of ether oxygens (including phenoxy) is 1. The summed E-state index contributed by atoms with van der Waals surface area (Å²) in [6, 6.07) is 2.60. The van der Waals surface area contributed by atoms with Crippen molar-refractivity contribution in [3.8, 4) is 0 Å². The molecule has 0 radical (unpaired) electrons. The fourth-order valence-electron chi connectivity index (χ4n) is 3.99. The number of esters is 1. The highest BCUT2D eigenvalue weighted by Crippen LogP contribution is 2.38. The average molecular weight is 346 g/mol. The van der Waals surface area contributed by atoms with Gasteiger partial charge in [0, 0.05) is 23.5 Å². The number of aromatic nitrogens is 1. The van der Waals surface area contributed by atoms with Crippen LogP contribution < -0.4 is 5.32 Å². The van der Waals surface area contributed by atoms with Gasteiger partial charge in [-0.1, -0.05) is 19.8 Å². The minimum Gasteiger partial charge on any atom is -0.449 e. The first-order valence-electron chi connectivity index (χ1n) is 9.58. The smallest absolute Gasteiger partial charge is 0.340 e. The summed E-state index contributed by atoms with van der Waals surface area (Å²) in [6.07, 6.45) is 6.10. The molecule has 2 fully saturated rings. The number of carbonyl (C=O) groups is 2. The topological polar surface area (TPSA) is 60.3 Å². The Hall–Kier alpha value is -1.78. The summed E-state index contributed by atoms with van der Waals surface area (Å²) in [5.41, 5.74) is 2.61. The van der Waals surface area contributed by atoms with Crippen LogP contribution in [0, 0.1) is 19.8 Å². The van der Waals surface area contributed by atoms with Gasteiger partial charge >= 0.3 is 5.97 Å². The van der Waals surface area contributed by atoms with Gasteiger partial charge in [-0.3, -0.25) is 4.79 Å². The molecule has 1 aromatic heterocycles. The fourth-order valence-corrected chi connectivity index (χ4v) is 3.99. The molecular weight excluding hydrogens is 316 g/mol. The standard InChI is InChI=1S/C20H30N2O3/c1-12-7-5-6-8-18(12)21-19(23)15(4)25-20(24)17-11-13(2)22(14(17)3)16-9-10-16/h11-12,15-16,18H,5-10H2,1-4H3,(H,21,23)/t12-,15+,18+/m0/s1. The Morgan fingerprint density at radius 1 is 1.20 bits per heavy atom. The van der Waals surface area contributed by atoms with Gasteiger partial charge in [0.2, 0.25) is 0 Å². The summed E-state index contributed by atoms with van der Waals surface area (Å²) < 4.78 is 7.67. The van der Waals surface area contributed by atoms with E-state index in [1.807, 2.05) is 19.9 Å². The molecule has 0 bridgehead atoms. The van der Waals surface area contributed by atoms with Crippen molar-refractivity contribution in [2.45, 2.75) is 84.4 Å². The highest BCUT2D eigenvalue weighted by Gasteiger charge is 2.30. The van der Waals surface area contributed by atoms with Crippen LogP contribution in [0.3, 0.4) is 0 Å². The van der Waals surface area contributed by atoms with Crippen LogP contribution in [-0.2, 0) is 9.53 Å². The molecule has 0 aromatic carbocycles. The van der Waals surface area contributed by atoms with Crippen molar-refractivity contribution in [3.63, 3.8) is 0 Å². The molecule has 0 spiro atoms. The molecular formula is C20H30N2O3. The summed E-state index contributed by atoms with van der Waals surface area (Å²) in [5.74, 6) is -0.111. The largest absolute Gasteiger partial charge is 0.449 e. The predicted molar refractivity (Wildman–Crippen MR) is 96.6 cm³/mol. The SMILES string of the molecule is Cc1cc(C(=O)O[C@H](C)C(=O)N[C@@H]2CCCC[C@@H]2C)c(C)n1C1CC1. The lowest BCUT2D eigenvalue weighted by Crippen LogP contribution is -2.46. The predicted octanol–water partition coefficient (Wildman–Crippen LogP) is 3.68. The molecule has 1 heterocycles. The van der Waals surface area contributed by atoms with Crippen molar-refractivity contribution in [1.29, 1.82) is 0 Å². The first kappa shape index (κ1) is 18.0. The van der Waals surface area contributed by atoms with Gasteiger partial charge in [-0.15, -0.1) is 0 Å². The monoisotopic (exact) mass is 346 g/mol. The quantitative estimate of drug-likeness (QED) is 0.827. The second kappa shape index (κ2) is 7.22. The first-order valence-corrected chi connectivity index (χ1v) is 9.58. The van der Waals surface area contributed by atoms with E-state index in [0.717, 1.165) is 30.7 Å². The Morgan fingerprint density at radius 3 is 2.52 bits per heavy atom. The summed E-state index contributed by atoms with van der Waals surface area (Å²) in [5, 5.41) is 3.06. The Kier molecular flexibility index (Phi) is 5.21. The highest BCUT2D eigenvalue weighted by atomic mass is 16.5. The molecule has 3 rings (SSSR count). The molecule has 5 nitrogen and oxygen atoms in total. The van der Waals surface area contributed by atoms with Crippen molar-refractivity contribution < 1.29 is 14.3 Å². The van der Waals surface area contributed by atoms with E-state index in [1.165, 1.54) is 19.3 Å². The highest BCUT2D eigenvalue weighted by molar-refractivity contribution is 5.93. The normalized spacial score (nSPS) is 24.6. The number of hydrogen-bond acceptors (Lipinski definition) is 3. The second-order valence-electron chi connectivity index (χ2n) is 7.81. The summed E-state index contributed by atoms with van der Waals surface area (Å²) in [4.78, 5) is 24.9. The molecule has 1 N–H and O–H groups in total. The third kappa shape index (κ3) is 3.91. The lowest BCUT2D eigenvalue weighted by molar-refractivity contribution is -0.130. The third-order valence-electron chi connectivity index (χ3n) is 5.71. The van der Waals surface area contributed by atoms with Crippen LogP contribution in [0.25, 0.3) is 0 Å². The number of nitrogens with one attached hydrogen (secondary N) is 1. The van der Waals surface area contributed by atoms with E-state index in [0.29, 0.717) is 17.5 Å². The first-order chi connectivity index (χ1) is 11.9. The minimum atomic E-state index is -0.773. The third-order valence-corrected chi connectivity index (χ3v) is 5.71. The number of amides is 1. The molecule has 0 unspecified atom stereocenters. The van der Waals surface area contributed by atoms with Crippen molar-refractivity contribution in [1.82, 2.24) is 9.88 Å². The lowest BCUT2D eigenvalue weighted by atomic mass is 9.86. The van der Waals surface area contributed by atoms with E-state index in [9.17, 15) is 9.59 Å². The van der Waals surface area contributed by atoms with Crippen molar-refractivity contribution in [2.75, 3.05) is 0 Å². The van der Waals surface area contributed by atoms with Crippen molar-refractivity contribution >= 4 is 11.9 Å². The maximum absolute atomic E-state index is 12.5. The average Bonchev–Trinajstić information content (AvgIpc) is 3.34. The van der Waals surface area contributed by atoms with Gasteiger partial charge in [0.05, 0.1) is 5.56 Å². The second-order valence-corrected chi connectivity index (χ2v) is 7.81. The van der Waals surface area contributed by atoms with Crippen LogP contribution >= 0.6 is 0 Å². The number of carbonyl (C=O) groups excluding carboxylic acids is 2. The molecule has 138 valence electrons. The van der Waals surface area contributed by atoms with Crippen LogP contribution in [0.2, 0.25) is 0 Å². The minimum absolute atomic E-state index is 0.192. The van der Waals surface area contributed by atoms with Crippen molar-refractivity contribution in [3.05, 3.63) is 23.0 Å². The van der Waals surface area contributed by atoms with Gasteiger partial charge in [0.25, 0.3) is 5.91 Å². The van der Waals surface area contributed by atoms with Crippen LogP contribution in [0.15, 0.2) is 6.07 Å². The molecule has 0 saturated heterocycles. The van der Waals surface area contributed by atoms with E-state index in [-0.39, 0.29) is 11.9 Å². The zero-order chi connectivity index (χ0) is 18.1. The fraction of sp³-hybridized carbons (Fsp3) is 0.700. The van der Waals surface area contributed by atoms with Crippen LogP contribution in [0.1, 0.15) is 80.2 Å². The molecule has 0 aliphatic heterocycles. The van der Waals surface area contributed by atoms with E-state index in [4.69, 9.17) is 4.74 Å². The van der Waals surface area contributed by atoms with E-state index in [2.05, 4.69) is 16.8 Å². The van der Waals surface area contributed by atoms with Gasteiger partial charge in [-0.2, -0.15) is 0 Å². The van der Waals surface area contributed by atoms with E-state index in [1.54, 1.807) is 6.92 Å². The zero-order valence-corrected chi connectivity index (χ0v) is 15.8. The Bertz CT molecular complexity index is 660. The molecule has 2 aliphatic rings. The van der Waals surface area contributed by atoms with Crippen LogP contribution in [0.4, 0.5) is 0 Å². The van der Waals surface area contributed by atoms with Gasteiger partial charge in [0.15, 0.2) is 6.10 Å². The molecule has 2 aliphatic carbocycles. The number of nitrogens with zero attached hydrogens (tertiary/aromatic N) is 1. The molecule has 5 heteroatoms. The number of aryl methyl sites for hydroxylation is 1. The number of hydrogen-bond donors (Lipinski definition) is 1. The van der Waals surface area contributed by atoms with E-state index < -0.39 is 12.1 Å². The van der Waals surface area contributed by atoms with Gasteiger partial charge in [-0.05, 0) is 58.4 Å². The molecule has 1 amide bonds. The van der Waals surface area contributed by atoms with Gasteiger partial charge in [0.1, 0.15) is 0 Å². The molecule has 2 saturated carbocycles. The molecule has 25 heavy (non-hydrogen) atoms. The van der Waals surface area contributed by atoms with Crippen molar-refractivity contribution in [2.24, 2.45) is 5.92 Å².